The van der Waals surface area contributed by atoms with Crippen molar-refractivity contribution in [3.63, 3.8) is 0 Å². The Morgan fingerprint density at radius 2 is 2.03 bits per heavy atom. The first-order chi connectivity index (χ1) is 18.1. The second kappa shape index (κ2) is 11.8. The van der Waals surface area contributed by atoms with Crippen LogP contribution in [0.25, 0.3) is 11.1 Å². The molecule has 1 atom stereocenters. The third kappa shape index (κ3) is 6.59. The van der Waals surface area contributed by atoms with E-state index in [9.17, 15) is 4.79 Å². The molecule has 4 aromatic rings. The smallest absolute Gasteiger partial charge is 0.296 e. The first-order valence-electron chi connectivity index (χ1n) is 12.7. The van der Waals surface area contributed by atoms with Gasteiger partial charge in [-0.15, -0.1) is 5.10 Å². The van der Waals surface area contributed by atoms with Crippen LogP contribution in [0.3, 0.4) is 0 Å². The molecule has 3 heterocycles. The summed E-state index contributed by atoms with van der Waals surface area (Å²) in [6.45, 7) is 3.52. The van der Waals surface area contributed by atoms with Crippen LogP contribution in [0.2, 0.25) is 0 Å². The van der Waals surface area contributed by atoms with Crippen LogP contribution in [0.5, 0.6) is 5.75 Å². The van der Waals surface area contributed by atoms with E-state index < -0.39 is 5.91 Å². The molecule has 8 nitrogen and oxygen atoms in total. The van der Waals surface area contributed by atoms with E-state index in [0.717, 1.165) is 53.9 Å². The van der Waals surface area contributed by atoms with Gasteiger partial charge in [-0.3, -0.25) is 9.89 Å². The Bertz CT molecular complexity index is 1330. The highest BCUT2D eigenvalue weighted by molar-refractivity contribution is 6.01. The van der Waals surface area contributed by atoms with Gasteiger partial charge < -0.3 is 14.8 Å². The van der Waals surface area contributed by atoms with E-state index in [2.05, 4.69) is 32.4 Å². The number of hydrogen-bond donors (Lipinski definition) is 2. The zero-order valence-corrected chi connectivity index (χ0v) is 20.9. The molecule has 2 N–H and O–H groups in total. The Hall–Kier alpha value is -4.04. The SMILES string of the molecule is Cc1ccc(OCCC2CCCCO2)cc1-c1ccnc(NC(=O)c2n[nH]c(Cc3ccccc3)n2)c1. The molecule has 37 heavy (non-hydrogen) atoms. The van der Waals surface area contributed by atoms with Gasteiger partial charge in [0.05, 0.1) is 12.7 Å². The van der Waals surface area contributed by atoms with Gasteiger partial charge in [0.25, 0.3) is 5.91 Å². The molecular weight excluding hydrogens is 466 g/mol. The van der Waals surface area contributed by atoms with Crippen molar-refractivity contribution in [1.29, 1.82) is 0 Å². The van der Waals surface area contributed by atoms with Gasteiger partial charge in [-0.2, -0.15) is 0 Å². The number of rotatable bonds is 9. The van der Waals surface area contributed by atoms with Crippen LogP contribution in [-0.4, -0.2) is 45.4 Å². The van der Waals surface area contributed by atoms with Gasteiger partial charge in [0, 0.05) is 25.6 Å². The van der Waals surface area contributed by atoms with Gasteiger partial charge in [-0.25, -0.2) is 9.97 Å². The van der Waals surface area contributed by atoms with Gasteiger partial charge >= 0.3 is 0 Å². The van der Waals surface area contributed by atoms with Crippen LogP contribution in [-0.2, 0) is 11.2 Å². The van der Waals surface area contributed by atoms with Gasteiger partial charge in [-0.1, -0.05) is 36.4 Å². The summed E-state index contributed by atoms with van der Waals surface area (Å²) in [7, 11) is 0. The average Bonchev–Trinajstić information content (AvgIpc) is 3.40. The molecule has 0 radical (unpaired) electrons. The lowest BCUT2D eigenvalue weighted by Crippen LogP contribution is -2.21. The number of nitrogens with one attached hydrogen (secondary N) is 2. The molecule has 2 aromatic heterocycles. The summed E-state index contributed by atoms with van der Waals surface area (Å²) in [6, 6.07) is 19.7. The lowest BCUT2D eigenvalue weighted by Gasteiger charge is -2.22. The van der Waals surface area contributed by atoms with E-state index in [1.807, 2.05) is 60.7 Å². The minimum atomic E-state index is -0.418. The van der Waals surface area contributed by atoms with Gasteiger partial charge in [0.15, 0.2) is 0 Å². The fourth-order valence-electron chi connectivity index (χ4n) is 4.45. The molecule has 1 amide bonds. The summed E-state index contributed by atoms with van der Waals surface area (Å²) in [5, 5.41) is 9.73. The second-order valence-electron chi connectivity index (χ2n) is 9.25. The van der Waals surface area contributed by atoms with Crippen molar-refractivity contribution in [1.82, 2.24) is 20.2 Å². The predicted molar refractivity (Wildman–Crippen MR) is 142 cm³/mol. The van der Waals surface area contributed by atoms with Crippen molar-refractivity contribution in [2.45, 2.75) is 45.1 Å². The number of carbonyl (C=O) groups is 1. The number of benzene rings is 2. The zero-order valence-electron chi connectivity index (χ0n) is 20.9. The van der Waals surface area contributed by atoms with Crippen LogP contribution in [0.4, 0.5) is 5.82 Å². The molecule has 5 rings (SSSR count). The maximum Gasteiger partial charge on any atom is 0.296 e. The number of aromatic amines is 1. The van der Waals surface area contributed by atoms with Crippen molar-refractivity contribution in [3.8, 4) is 16.9 Å². The summed E-state index contributed by atoms with van der Waals surface area (Å²) >= 11 is 0. The Morgan fingerprint density at radius 1 is 1.14 bits per heavy atom. The second-order valence-corrected chi connectivity index (χ2v) is 9.25. The quantitative estimate of drug-likeness (QED) is 0.323. The molecule has 0 aliphatic carbocycles. The minimum Gasteiger partial charge on any atom is -0.493 e. The lowest BCUT2D eigenvalue weighted by atomic mass is 10.0. The van der Waals surface area contributed by atoms with E-state index in [1.165, 1.54) is 6.42 Å². The lowest BCUT2D eigenvalue weighted by molar-refractivity contribution is 0.00405. The minimum absolute atomic E-state index is 0.0756. The molecule has 1 aliphatic rings. The molecule has 190 valence electrons. The van der Waals surface area contributed by atoms with E-state index >= 15 is 0 Å². The summed E-state index contributed by atoms with van der Waals surface area (Å²) in [5.41, 5.74) is 4.14. The van der Waals surface area contributed by atoms with Gasteiger partial charge in [-0.05, 0) is 72.7 Å². The van der Waals surface area contributed by atoms with Crippen LogP contribution < -0.4 is 10.1 Å². The number of ether oxygens (including phenoxy) is 2. The number of anilines is 1. The Labute approximate surface area is 216 Å². The maximum absolute atomic E-state index is 12.8. The fourth-order valence-corrected chi connectivity index (χ4v) is 4.45. The molecule has 0 bridgehead atoms. The number of pyridine rings is 1. The number of carbonyl (C=O) groups excluding carboxylic acids is 1. The monoisotopic (exact) mass is 497 g/mol. The van der Waals surface area contributed by atoms with Crippen molar-refractivity contribution in [2.24, 2.45) is 0 Å². The third-order valence-corrected chi connectivity index (χ3v) is 6.45. The zero-order chi connectivity index (χ0) is 25.5. The third-order valence-electron chi connectivity index (χ3n) is 6.45. The number of aromatic nitrogens is 4. The molecule has 1 aliphatic heterocycles. The summed E-state index contributed by atoms with van der Waals surface area (Å²) in [6.07, 6.45) is 6.92. The van der Waals surface area contributed by atoms with Crippen molar-refractivity contribution < 1.29 is 14.3 Å². The summed E-state index contributed by atoms with van der Waals surface area (Å²) < 4.78 is 11.8. The van der Waals surface area contributed by atoms with Gasteiger partial charge in [0.2, 0.25) is 5.82 Å². The van der Waals surface area contributed by atoms with Gasteiger partial charge in [0.1, 0.15) is 17.4 Å². The van der Waals surface area contributed by atoms with E-state index in [0.29, 0.717) is 30.8 Å². The number of hydrogen-bond acceptors (Lipinski definition) is 6. The number of nitrogens with zero attached hydrogens (tertiary/aromatic N) is 3. The maximum atomic E-state index is 12.8. The molecule has 1 fully saturated rings. The fraction of sp³-hybridized carbons (Fsp3) is 0.310. The molecule has 0 spiro atoms. The molecular formula is C29H31N5O3. The summed E-state index contributed by atoms with van der Waals surface area (Å²) in [4.78, 5) is 21.4. The van der Waals surface area contributed by atoms with Crippen LogP contribution in [0.1, 0.15) is 53.3 Å². The topological polar surface area (TPSA) is 102 Å². The number of H-pyrrole nitrogens is 1. The van der Waals surface area contributed by atoms with Crippen molar-refractivity contribution in [3.05, 3.63) is 89.6 Å². The number of amides is 1. The molecule has 8 heteroatoms. The molecule has 0 saturated carbocycles. The Balaban J connectivity index is 1.23. The largest absolute Gasteiger partial charge is 0.493 e. The highest BCUT2D eigenvalue weighted by Gasteiger charge is 2.16. The van der Waals surface area contributed by atoms with E-state index in [1.54, 1.807) is 6.20 Å². The molecule has 1 saturated heterocycles. The van der Waals surface area contributed by atoms with Crippen LogP contribution in [0, 0.1) is 6.92 Å². The highest BCUT2D eigenvalue weighted by atomic mass is 16.5. The highest BCUT2D eigenvalue weighted by Crippen LogP contribution is 2.29. The van der Waals surface area contributed by atoms with E-state index in [-0.39, 0.29) is 5.82 Å². The Kier molecular flexibility index (Phi) is 7.86. The van der Waals surface area contributed by atoms with Crippen LogP contribution in [0.15, 0.2) is 66.9 Å². The first kappa shape index (κ1) is 24.6. The standard InChI is InChI=1S/C29H31N5O3/c1-20-10-11-24(37-16-13-23-9-5-6-15-36-23)19-25(20)22-12-14-30-26(18-22)32-29(35)28-31-27(33-34-28)17-21-7-3-2-4-8-21/h2-4,7-8,10-12,14,18-19,23H,5-6,9,13,15-17H2,1H3,(H,30,32,35)(H,31,33,34). The Morgan fingerprint density at radius 3 is 2.86 bits per heavy atom. The summed E-state index contributed by atoms with van der Waals surface area (Å²) in [5.74, 6) is 1.52. The molecule has 2 aromatic carbocycles. The van der Waals surface area contributed by atoms with Crippen LogP contribution >= 0.6 is 0 Å². The van der Waals surface area contributed by atoms with Crippen molar-refractivity contribution >= 4 is 11.7 Å². The average molecular weight is 498 g/mol. The van der Waals surface area contributed by atoms with E-state index in [4.69, 9.17) is 9.47 Å². The molecule has 1 unspecified atom stereocenters. The van der Waals surface area contributed by atoms with Crippen molar-refractivity contribution in [2.75, 3.05) is 18.5 Å². The number of aryl methyl sites for hydroxylation is 1. The predicted octanol–water partition coefficient (Wildman–Crippen LogP) is 5.36. The normalized spacial score (nSPS) is 15.3. The first-order valence-corrected chi connectivity index (χ1v) is 12.7.